The van der Waals surface area contributed by atoms with Crippen molar-refractivity contribution in [2.75, 3.05) is 19.5 Å². The van der Waals surface area contributed by atoms with Crippen LogP contribution in [0.5, 0.6) is 11.5 Å². The van der Waals surface area contributed by atoms with Gasteiger partial charge in [-0.15, -0.1) is 11.3 Å². The summed E-state index contributed by atoms with van der Waals surface area (Å²) in [5.74, 6) is 0.662. The SMILES string of the molecule is COc1ccc(C(=O)Nc2cc(-c3nc4ccccc4s3)c(Cl)cc2Cl)cc1OC. The van der Waals surface area contributed by atoms with Crippen LogP contribution < -0.4 is 14.8 Å². The first-order valence-corrected chi connectivity index (χ1v) is 10.5. The van der Waals surface area contributed by atoms with Gasteiger partial charge in [0.1, 0.15) is 5.01 Å². The van der Waals surface area contributed by atoms with E-state index in [9.17, 15) is 4.79 Å². The molecule has 0 atom stereocenters. The number of carbonyl (C=O) groups excluding carboxylic acids is 1. The van der Waals surface area contributed by atoms with Crippen LogP contribution >= 0.6 is 34.5 Å². The topological polar surface area (TPSA) is 60.5 Å². The van der Waals surface area contributed by atoms with Crippen LogP contribution in [-0.4, -0.2) is 25.1 Å². The van der Waals surface area contributed by atoms with E-state index in [0.717, 1.165) is 15.2 Å². The van der Waals surface area contributed by atoms with Crippen LogP contribution in [0.1, 0.15) is 10.4 Å². The fourth-order valence-electron chi connectivity index (χ4n) is 2.97. The molecule has 1 aromatic heterocycles. The van der Waals surface area contributed by atoms with Crippen molar-refractivity contribution in [3.05, 3.63) is 70.2 Å². The maximum atomic E-state index is 12.8. The van der Waals surface area contributed by atoms with Gasteiger partial charge in [-0.05, 0) is 42.5 Å². The number of anilines is 1. The highest BCUT2D eigenvalue weighted by Gasteiger charge is 2.16. The number of fused-ring (bicyclic) bond motifs is 1. The summed E-state index contributed by atoms with van der Waals surface area (Å²) in [7, 11) is 3.05. The quantitative estimate of drug-likeness (QED) is 0.368. The average molecular weight is 459 g/mol. The zero-order valence-electron chi connectivity index (χ0n) is 16.0. The zero-order valence-corrected chi connectivity index (χ0v) is 18.4. The molecule has 0 spiro atoms. The third kappa shape index (κ3) is 3.94. The molecule has 1 amide bonds. The van der Waals surface area contributed by atoms with E-state index in [4.69, 9.17) is 32.7 Å². The molecule has 0 aliphatic carbocycles. The van der Waals surface area contributed by atoms with Gasteiger partial charge in [0.05, 0.1) is 40.2 Å². The van der Waals surface area contributed by atoms with Gasteiger partial charge in [-0.1, -0.05) is 35.3 Å². The van der Waals surface area contributed by atoms with Crippen LogP contribution in [0, 0.1) is 0 Å². The molecule has 1 N–H and O–H groups in total. The largest absolute Gasteiger partial charge is 0.493 e. The second-order valence-electron chi connectivity index (χ2n) is 6.32. The summed E-state index contributed by atoms with van der Waals surface area (Å²) < 4.78 is 11.5. The van der Waals surface area contributed by atoms with Gasteiger partial charge in [0, 0.05) is 11.1 Å². The first-order valence-electron chi connectivity index (χ1n) is 8.88. The Morgan fingerprint density at radius 2 is 1.73 bits per heavy atom. The fraction of sp³-hybridized carbons (Fsp3) is 0.0909. The number of aromatic nitrogens is 1. The molecular formula is C22H16Cl2N2O3S. The number of halogens is 2. The number of benzene rings is 3. The van der Waals surface area contributed by atoms with E-state index in [1.54, 1.807) is 30.3 Å². The van der Waals surface area contributed by atoms with Crippen molar-refractivity contribution < 1.29 is 14.3 Å². The van der Waals surface area contributed by atoms with E-state index in [1.807, 2.05) is 24.3 Å². The predicted molar refractivity (Wildman–Crippen MR) is 123 cm³/mol. The van der Waals surface area contributed by atoms with E-state index in [2.05, 4.69) is 10.3 Å². The summed E-state index contributed by atoms with van der Waals surface area (Å²) in [6.07, 6.45) is 0. The zero-order chi connectivity index (χ0) is 21.3. The number of nitrogens with zero attached hydrogens (tertiary/aromatic N) is 1. The number of nitrogens with one attached hydrogen (secondary N) is 1. The standard InChI is InChI=1S/C22H16Cl2N2O3S/c1-28-18-8-7-12(9-19(18)29-2)21(27)25-17-10-13(14(23)11-15(17)24)22-26-16-5-3-4-6-20(16)30-22/h3-11H,1-2H3,(H,25,27). The molecule has 0 aliphatic heterocycles. The second-order valence-corrected chi connectivity index (χ2v) is 8.17. The van der Waals surface area contributed by atoms with Gasteiger partial charge >= 0.3 is 0 Å². The van der Waals surface area contributed by atoms with Crippen molar-refractivity contribution in [2.24, 2.45) is 0 Å². The third-order valence-electron chi connectivity index (χ3n) is 4.47. The number of para-hydroxylation sites is 1. The molecule has 0 fully saturated rings. The average Bonchev–Trinajstić information content (AvgIpc) is 3.18. The Kier molecular flexibility index (Phi) is 5.81. The van der Waals surface area contributed by atoms with Crippen molar-refractivity contribution in [3.8, 4) is 22.1 Å². The molecule has 8 heteroatoms. The lowest BCUT2D eigenvalue weighted by Crippen LogP contribution is -2.12. The van der Waals surface area contributed by atoms with E-state index >= 15 is 0 Å². The number of hydrogen-bond acceptors (Lipinski definition) is 5. The minimum Gasteiger partial charge on any atom is -0.493 e. The van der Waals surface area contributed by atoms with Crippen LogP contribution in [0.25, 0.3) is 20.8 Å². The highest BCUT2D eigenvalue weighted by atomic mass is 35.5. The van der Waals surface area contributed by atoms with Crippen molar-refractivity contribution in [3.63, 3.8) is 0 Å². The number of amides is 1. The predicted octanol–water partition coefficient (Wildman–Crippen LogP) is 6.54. The minimum absolute atomic E-state index is 0.332. The number of carbonyl (C=O) groups is 1. The van der Waals surface area contributed by atoms with Crippen molar-refractivity contribution >= 4 is 56.3 Å². The van der Waals surface area contributed by atoms with E-state index in [1.165, 1.54) is 25.6 Å². The molecule has 152 valence electrons. The molecular weight excluding hydrogens is 443 g/mol. The van der Waals surface area contributed by atoms with Crippen LogP contribution in [0.3, 0.4) is 0 Å². The van der Waals surface area contributed by atoms with Gasteiger partial charge in [0.15, 0.2) is 11.5 Å². The van der Waals surface area contributed by atoms with Gasteiger partial charge in [-0.3, -0.25) is 4.79 Å². The summed E-state index contributed by atoms with van der Waals surface area (Å²) in [5.41, 5.74) is 2.43. The van der Waals surface area contributed by atoms with Gasteiger partial charge in [0.25, 0.3) is 5.91 Å². The molecule has 0 aliphatic rings. The highest BCUT2D eigenvalue weighted by molar-refractivity contribution is 7.21. The molecule has 0 saturated heterocycles. The number of methoxy groups -OCH3 is 2. The maximum absolute atomic E-state index is 12.8. The molecule has 30 heavy (non-hydrogen) atoms. The molecule has 0 bridgehead atoms. The summed E-state index contributed by atoms with van der Waals surface area (Å²) in [6, 6.07) is 16.1. The first kappa shape index (κ1) is 20.5. The highest BCUT2D eigenvalue weighted by Crippen LogP contribution is 2.39. The lowest BCUT2D eigenvalue weighted by molar-refractivity contribution is 0.102. The Hall–Kier alpha value is -2.80. The third-order valence-corrected chi connectivity index (χ3v) is 6.17. The summed E-state index contributed by atoms with van der Waals surface area (Å²) in [5, 5.41) is 4.38. The molecule has 0 radical (unpaired) electrons. The number of rotatable bonds is 5. The van der Waals surface area contributed by atoms with Gasteiger partial charge in [0.2, 0.25) is 0 Å². The molecule has 1 heterocycles. The maximum Gasteiger partial charge on any atom is 0.255 e. The smallest absolute Gasteiger partial charge is 0.255 e. The van der Waals surface area contributed by atoms with Crippen molar-refractivity contribution in [1.82, 2.24) is 4.98 Å². The van der Waals surface area contributed by atoms with E-state index < -0.39 is 0 Å². The normalized spacial score (nSPS) is 10.8. The molecule has 0 unspecified atom stereocenters. The van der Waals surface area contributed by atoms with Crippen molar-refractivity contribution in [2.45, 2.75) is 0 Å². The lowest BCUT2D eigenvalue weighted by atomic mass is 10.1. The molecule has 4 aromatic rings. The Balaban J connectivity index is 1.68. The number of thiazole rings is 1. The Bertz CT molecular complexity index is 1220. The van der Waals surface area contributed by atoms with Crippen LogP contribution in [-0.2, 0) is 0 Å². The minimum atomic E-state index is -0.338. The Morgan fingerprint density at radius 3 is 2.47 bits per heavy atom. The summed E-state index contributed by atoms with van der Waals surface area (Å²) >= 11 is 14.3. The van der Waals surface area contributed by atoms with Gasteiger partial charge in [-0.2, -0.15) is 0 Å². The van der Waals surface area contributed by atoms with Crippen LogP contribution in [0.2, 0.25) is 10.0 Å². The van der Waals surface area contributed by atoms with Gasteiger partial charge < -0.3 is 14.8 Å². The molecule has 3 aromatic carbocycles. The molecule has 5 nitrogen and oxygen atoms in total. The Labute approximate surface area is 187 Å². The molecule has 0 saturated carbocycles. The van der Waals surface area contributed by atoms with Crippen LogP contribution in [0.4, 0.5) is 5.69 Å². The lowest BCUT2D eigenvalue weighted by Gasteiger charge is -2.12. The monoisotopic (exact) mass is 458 g/mol. The van der Waals surface area contributed by atoms with E-state index in [0.29, 0.717) is 38.4 Å². The second kappa shape index (κ2) is 8.52. The van der Waals surface area contributed by atoms with Crippen molar-refractivity contribution in [1.29, 1.82) is 0 Å². The first-order chi connectivity index (χ1) is 14.5. The number of ether oxygens (including phenoxy) is 2. The summed E-state index contributed by atoms with van der Waals surface area (Å²) in [6.45, 7) is 0. The number of hydrogen-bond donors (Lipinski definition) is 1. The molecule has 4 rings (SSSR count). The summed E-state index contributed by atoms with van der Waals surface area (Å²) in [4.78, 5) is 17.4. The van der Waals surface area contributed by atoms with Gasteiger partial charge in [-0.25, -0.2) is 4.98 Å². The Morgan fingerprint density at radius 1 is 0.967 bits per heavy atom. The van der Waals surface area contributed by atoms with E-state index in [-0.39, 0.29) is 5.91 Å². The van der Waals surface area contributed by atoms with Crippen LogP contribution in [0.15, 0.2) is 54.6 Å². The fourth-order valence-corrected chi connectivity index (χ4v) is 4.54.